The van der Waals surface area contributed by atoms with E-state index in [4.69, 9.17) is 10.2 Å². The summed E-state index contributed by atoms with van der Waals surface area (Å²) in [6, 6.07) is 4.07. The molecule has 0 bridgehead atoms. The van der Waals surface area contributed by atoms with Gasteiger partial charge in [0.05, 0.1) is 13.2 Å². The number of aryl methyl sites for hydroxylation is 2. The zero-order valence-corrected chi connectivity index (χ0v) is 7.58. The van der Waals surface area contributed by atoms with E-state index in [1.165, 1.54) is 17.5 Å². The molecular formula is C11H14O2. The fourth-order valence-corrected chi connectivity index (χ4v) is 2.02. The van der Waals surface area contributed by atoms with Crippen LogP contribution in [0.2, 0.25) is 0 Å². The Hall–Kier alpha value is -0.860. The van der Waals surface area contributed by atoms with Gasteiger partial charge in [-0.1, -0.05) is 12.1 Å². The topological polar surface area (TPSA) is 40.5 Å². The van der Waals surface area contributed by atoms with Gasteiger partial charge in [-0.3, -0.25) is 0 Å². The second kappa shape index (κ2) is 3.48. The maximum absolute atomic E-state index is 9.07. The number of aliphatic hydroxyl groups is 2. The Morgan fingerprint density at radius 3 is 1.77 bits per heavy atom. The van der Waals surface area contributed by atoms with Crippen molar-refractivity contribution in [2.75, 3.05) is 0 Å². The van der Waals surface area contributed by atoms with E-state index >= 15 is 0 Å². The van der Waals surface area contributed by atoms with Crippen molar-refractivity contribution in [3.05, 3.63) is 34.4 Å². The minimum Gasteiger partial charge on any atom is -0.392 e. The van der Waals surface area contributed by atoms with Gasteiger partial charge in [0.1, 0.15) is 0 Å². The molecule has 0 aromatic heterocycles. The van der Waals surface area contributed by atoms with Crippen molar-refractivity contribution in [1.29, 1.82) is 0 Å². The normalized spacial score (nSPS) is 14.6. The average Bonchev–Trinajstić information content (AvgIpc) is 2.62. The molecule has 2 heteroatoms. The maximum atomic E-state index is 9.07. The average molecular weight is 178 g/mol. The quantitative estimate of drug-likeness (QED) is 0.713. The molecule has 13 heavy (non-hydrogen) atoms. The van der Waals surface area contributed by atoms with Crippen LogP contribution in [0.3, 0.4) is 0 Å². The number of hydrogen-bond donors (Lipinski definition) is 2. The Morgan fingerprint density at radius 1 is 0.923 bits per heavy atom. The van der Waals surface area contributed by atoms with Crippen molar-refractivity contribution >= 4 is 0 Å². The third-order valence-electron chi connectivity index (χ3n) is 2.75. The zero-order chi connectivity index (χ0) is 9.26. The molecule has 0 saturated heterocycles. The predicted octanol–water partition coefficient (Wildman–Crippen LogP) is 1.16. The predicted molar refractivity (Wildman–Crippen MR) is 50.3 cm³/mol. The summed E-state index contributed by atoms with van der Waals surface area (Å²) in [7, 11) is 0. The summed E-state index contributed by atoms with van der Waals surface area (Å²) in [5, 5.41) is 18.1. The Labute approximate surface area is 77.8 Å². The van der Waals surface area contributed by atoms with E-state index in [9.17, 15) is 0 Å². The number of fused-ring (bicyclic) bond motifs is 1. The third kappa shape index (κ3) is 1.47. The Balaban J connectivity index is 2.47. The van der Waals surface area contributed by atoms with Crippen LogP contribution in [0.5, 0.6) is 0 Å². The van der Waals surface area contributed by atoms with Crippen LogP contribution < -0.4 is 0 Å². The first-order chi connectivity index (χ1) is 6.35. The van der Waals surface area contributed by atoms with Crippen LogP contribution in [-0.4, -0.2) is 10.2 Å². The van der Waals surface area contributed by atoms with Gasteiger partial charge in [-0.15, -0.1) is 0 Å². The van der Waals surface area contributed by atoms with E-state index in [2.05, 4.69) is 0 Å². The third-order valence-corrected chi connectivity index (χ3v) is 2.75. The van der Waals surface area contributed by atoms with Gasteiger partial charge in [-0.05, 0) is 41.5 Å². The first-order valence-corrected chi connectivity index (χ1v) is 4.70. The van der Waals surface area contributed by atoms with Crippen LogP contribution in [0.15, 0.2) is 12.1 Å². The van der Waals surface area contributed by atoms with Crippen molar-refractivity contribution in [2.24, 2.45) is 0 Å². The molecule has 0 unspecified atom stereocenters. The van der Waals surface area contributed by atoms with Crippen LogP contribution >= 0.6 is 0 Å². The van der Waals surface area contributed by atoms with Gasteiger partial charge in [0.25, 0.3) is 0 Å². The summed E-state index contributed by atoms with van der Waals surface area (Å²) in [4.78, 5) is 0. The van der Waals surface area contributed by atoms with Gasteiger partial charge in [-0.2, -0.15) is 0 Å². The molecule has 1 aromatic carbocycles. The molecule has 2 N–H and O–H groups in total. The van der Waals surface area contributed by atoms with Crippen LogP contribution in [0, 0.1) is 0 Å². The summed E-state index contributed by atoms with van der Waals surface area (Å²) in [5.41, 5.74) is 4.45. The Bertz CT molecular complexity index is 287. The second-order valence-corrected chi connectivity index (χ2v) is 3.56. The summed E-state index contributed by atoms with van der Waals surface area (Å²) in [6.45, 7) is 0.0619. The largest absolute Gasteiger partial charge is 0.392 e. The molecule has 0 fully saturated rings. The molecule has 0 heterocycles. The van der Waals surface area contributed by atoms with E-state index in [1.54, 1.807) is 0 Å². The SMILES string of the molecule is OCc1cc2c(cc1CO)CCC2. The smallest absolute Gasteiger partial charge is 0.0685 e. The Morgan fingerprint density at radius 2 is 1.38 bits per heavy atom. The lowest BCUT2D eigenvalue weighted by molar-refractivity contribution is 0.260. The molecule has 70 valence electrons. The highest BCUT2D eigenvalue weighted by atomic mass is 16.3. The second-order valence-electron chi connectivity index (χ2n) is 3.56. The molecule has 0 saturated carbocycles. The standard InChI is InChI=1S/C11H14O2/c12-6-10-4-8-2-1-3-9(8)5-11(10)7-13/h4-5,12-13H,1-3,6-7H2. The van der Waals surface area contributed by atoms with Crippen LogP contribution in [0.1, 0.15) is 28.7 Å². The number of hydrogen-bond acceptors (Lipinski definition) is 2. The molecule has 0 atom stereocenters. The number of benzene rings is 1. The van der Waals surface area contributed by atoms with Crippen molar-refractivity contribution < 1.29 is 10.2 Å². The van der Waals surface area contributed by atoms with Crippen molar-refractivity contribution in [3.8, 4) is 0 Å². The summed E-state index contributed by atoms with van der Waals surface area (Å²) >= 11 is 0. The van der Waals surface area contributed by atoms with E-state index in [0.29, 0.717) is 0 Å². The summed E-state index contributed by atoms with van der Waals surface area (Å²) in [5.74, 6) is 0. The highest BCUT2D eigenvalue weighted by molar-refractivity contribution is 5.40. The zero-order valence-electron chi connectivity index (χ0n) is 7.58. The summed E-state index contributed by atoms with van der Waals surface area (Å²) < 4.78 is 0. The lowest BCUT2D eigenvalue weighted by Crippen LogP contribution is -1.97. The van der Waals surface area contributed by atoms with Gasteiger partial charge >= 0.3 is 0 Å². The van der Waals surface area contributed by atoms with Crippen molar-refractivity contribution in [1.82, 2.24) is 0 Å². The Kier molecular flexibility index (Phi) is 2.34. The molecule has 0 aliphatic heterocycles. The van der Waals surface area contributed by atoms with Crippen molar-refractivity contribution in [3.63, 3.8) is 0 Å². The molecule has 2 nitrogen and oxygen atoms in total. The van der Waals surface area contributed by atoms with Gasteiger partial charge in [0.2, 0.25) is 0 Å². The molecular weight excluding hydrogens is 164 g/mol. The lowest BCUT2D eigenvalue weighted by atomic mass is 10.0. The fraction of sp³-hybridized carbons (Fsp3) is 0.455. The minimum absolute atomic E-state index is 0.0309. The molecule has 1 aliphatic rings. The number of rotatable bonds is 2. The van der Waals surface area contributed by atoms with Gasteiger partial charge in [-0.25, -0.2) is 0 Å². The first-order valence-electron chi connectivity index (χ1n) is 4.70. The fourth-order valence-electron chi connectivity index (χ4n) is 2.02. The molecule has 0 spiro atoms. The van der Waals surface area contributed by atoms with Crippen molar-refractivity contribution in [2.45, 2.75) is 32.5 Å². The highest BCUT2D eigenvalue weighted by Gasteiger charge is 2.13. The molecule has 0 radical (unpaired) electrons. The molecule has 1 aromatic rings. The maximum Gasteiger partial charge on any atom is 0.0685 e. The van der Waals surface area contributed by atoms with E-state index < -0.39 is 0 Å². The number of aliphatic hydroxyl groups excluding tert-OH is 2. The van der Waals surface area contributed by atoms with Crippen LogP contribution in [-0.2, 0) is 26.1 Å². The van der Waals surface area contributed by atoms with Gasteiger partial charge in [0, 0.05) is 0 Å². The monoisotopic (exact) mass is 178 g/mol. The molecule has 2 rings (SSSR count). The van der Waals surface area contributed by atoms with E-state index in [-0.39, 0.29) is 13.2 Å². The molecule has 1 aliphatic carbocycles. The highest BCUT2D eigenvalue weighted by Crippen LogP contribution is 2.25. The van der Waals surface area contributed by atoms with Crippen LogP contribution in [0.25, 0.3) is 0 Å². The first kappa shape index (κ1) is 8.73. The van der Waals surface area contributed by atoms with E-state index in [0.717, 1.165) is 24.0 Å². The molecule has 0 amide bonds. The van der Waals surface area contributed by atoms with Gasteiger partial charge in [0.15, 0.2) is 0 Å². The lowest BCUT2D eigenvalue weighted by Gasteiger charge is -2.08. The minimum atomic E-state index is 0.0309. The van der Waals surface area contributed by atoms with Gasteiger partial charge < -0.3 is 10.2 Å². The summed E-state index contributed by atoms with van der Waals surface area (Å²) in [6.07, 6.45) is 3.44. The van der Waals surface area contributed by atoms with Crippen LogP contribution in [0.4, 0.5) is 0 Å². The van der Waals surface area contributed by atoms with E-state index in [1.807, 2.05) is 12.1 Å².